The van der Waals surface area contributed by atoms with Gasteiger partial charge in [0.25, 0.3) is 0 Å². The summed E-state index contributed by atoms with van der Waals surface area (Å²) in [6.45, 7) is 3.79. The lowest BCUT2D eigenvalue weighted by Gasteiger charge is -2.25. The summed E-state index contributed by atoms with van der Waals surface area (Å²) >= 11 is 0. The number of rotatable bonds is 1. The summed E-state index contributed by atoms with van der Waals surface area (Å²) in [6, 6.07) is 0. The Balaban J connectivity index is 2.86. The maximum Gasteiger partial charge on any atom is 0.122 e. The second-order valence-electron chi connectivity index (χ2n) is 3.30. The molecular formula is C9H12F2. The molecule has 2 heteroatoms. The lowest BCUT2D eigenvalue weighted by molar-refractivity contribution is 0.351. The largest absolute Gasteiger partial charge is 0.212 e. The molecule has 0 bridgehead atoms. The van der Waals surface area contributed by atoms with Crippen LogP contribution in [0.3, 0.4) is 0 Å². The molecule has 0 saturated heterocycles. The molecule has 11 heavy (non-hydrogen) atoms. The van der Waals surface area contributed by atoms with Crippen molar-refractivity contribution >= 4 is 0 Å². The summed E-state index contributed by atoms with van der Waals surface area (Å²) < 4.78 is 25.4. The van der Waals surface area contributed by atoms with Crippen molar-refractivity contribution in [3.05, 3.63) is 23.8 Å². The molecule has 1 aliphatic carbocycles. The summed E-state index contributed by atoms with van der Waals surface area (Å²) in [5, 5.41) is 0. The van der Waals surface area contributed by atoms with Crippen LogP contribution in [-0.4, -0.2) is 0 Å². The SMILES string of the molecule is CCC1(C)C=C(F)C=C(F)C1. The second kappa shape index (κ2) is 2.76. The summed E-state index contributed by atoms with van der Waals surface area (Å²) in [5.41, 5.74) is -0.317. The minimum atomic E-state index is -0.446. The van der Waals surface area contributed by atoms with Crippen LogP contribution in [0.15, 0.2) is 23.8 Å². The van der Waals surface area contributed by atoms with Gasteiger partial charge in [-0.15, -0.1) is 0 Å². The monoisotopic (exact) mass is 158 g/mol. The Morgan fingerprint density at radius 3 is 2.64 bits per heavy atom. The van der Waals surface area contributed by atoms with Gasteiger partial charge in [0.2, 0.25) is 0 Å². The molecule has 0 aromatic heterocycles. The fraction of sp³-hybridized carbons (Fsp3) is 0.556. The van der Waals surface area contributed by atoms with Gasteiger partial charge in [0.1, 0.15) is 11.7 Å². The Morgan fingerprint density at radius 2 is 2.18 bits per heavy atom. The summed E-state index contributed by atoms with van der Waals surface area (Å²) in [6.07, 6.45) is 3.55. The van der Waals surface area contributed by atoms with Gasteiger partial charge in [0, 0.05) is 12.5 Å². The van der Waals surface area contributed by atoms with Crippen molar-refractivity contribution in [3.8, 4) is 0 Å². The van der Waals surface area contributed by atoms with Crippen LogP contribution in [0.2, 0.25) is 0 Å². The first kappa shape index (κ1) is 8.44. The van der Waals surface area contributed by atoms with E-state index in [2.05, 4.69) is 0 Å². The first-order chi connectivity index (χ1) is 5.06. The van der Waals surface area contributed by atoms with Crippen molar-refractivity contribution in [1.29, 1.82) is 0 Å². The van der Waals surface area contributed by atoms with E-state index in [9.17, 15) is 8.78 Å². The number of halogens is 2. The molecular weight excluding hydrogens is 146 g/mol. The highest BCUT2D eigenvalue weighted by atomic mass is 19.1. The average molecular weight is 158 g/mol. The smallest absolute Gasteiger partial charge is 0.122 e. The summed E-state index contributed by atoms with van der Waals surface area (Å²) in [5.74, 6) is -0.799. The third kappa shape index (κ3) is 1.88. The van der Waals surface area contributed by atoms with Crippen LogP contribution in [0.4, 0.5) is 8.78 Å². The molecule has 0 amide bonds. The average Bonchev–Trinajstić information content (AvgIpc) is 1.84. The zero-order valence-corrected chi connectivity index (χ0v) is 6.82. The van der Waals surface area contributed by atoms with Gasteiger partial charge in [0.05, 0.1) is 0 Å². The quantitative estimate of drug-likeness (QED) is 0.547. The van der Waals surface area contributed by atoms with Crippen LogP contribution >= 0.6 is 0 Å². The topological polar surface area (TPSA) is 0 Å². The maximum atomic E-state index is 12.7. The molecule has 0 aromatic rings. The van der Waals surface area contributed by atoms with Crippen molar-refractivity contribution in [2.45, 2.75) is 26.7 Å². The predicted octanol–water partition coefficient (Wildman–Crippen LogP) is 3.51. The van der Waals surface area contributed by atoms with Crippen LogP contribution in [0.5, 0.6) is 0 Å². The highest BCUT2D eigenvalue weighted by Crippen LogP contribution is 2.37. The van der Waals surface area contributed by atoms with Crippen molar-refractivity contribution in [2.75, 3.05) is 0 Å². The molecule has 0 radical (unpaired) electrons. The zero-order valence-electron chi connectivity index (χ0n) is 6.82. The van der Waals surface area contributed by atoms with Crippen LogP contribution < -0.4 is 0 Å². The van der Waals surface area contributed by atoms with Crippen molar-refractivity contribution < 1.29 is 8.78 Å². The van der Waals surface area contributed by atoms with Crippen LogP contribution in [-0.2, 0) is 0 Å². The Bertz CT molecular complexity index is 216. The van der Waals surface area contributed by atoms with Crippen LogP contribution in [0, 0.1) is 5.41 Å². The summed E-state index contributed by atoms with van der Waals surface area (Å²) in [7, 11) is 0. The van der Waals surface area contributed by atoms with Gasteiger partial charge < -0.3 is 0 Å². The van der Waals surface area contributed by atoms with Crippen LogP contribution in [0.1, 0.15) is 26.7 Å². The Morgan fingerprint density at radius 1 is 1.55 bits per heavy atom. The molecule has 1 rings (SSSR count). The highest BCUT2D eigenvalue weighted by Gasteiger charge is 2.25. The van der Waals surface area contributed by atoms with E-state index < -0.39 is 5.83 Å². The normalized spacial score (nSPS) is 31.3. The van der Waals surface area contributed by atoms with Gasteiger partial charge in [0.15, 0.2) is 0 Å². The van der Waals surface area contributed by atoms with Gasteiger partial charge >= 0.3 is 0 Å². The molecule has 0 spiro atoms. The molecule has 1 unspecified atom stereocenters. The molecule has 0 N–H and O–H groups in total. The highest BCUT2D eigenvalue weighted by molar-refractivity contribution is 5.24. The van der Waals surface area contributed by atoms with E-state index in [1.54, 1.807) is 0 Å². The third-order valence-corrected chi connectivity index (χ3v) is 2.16. The molecule has 0 nitrogen and oxygen atoms in total. The van der Waals surface area contributed by atoms with Crippen LogP contribution in [0.25, 0.3) is 0 Å². The number of hydrogen-bond donors (Lipinski definition) is 0. The first-order valence-electron chi connectivity index (χ1n) is 3.80. The van der Waals surface area contributed by atoms with Crippen molar-refractivity contribution in [3.63, 3.8) is 0 Å². The van der Waals surface area contributed by atoms with E-state index in [1.165, 1.54) is 6.08 Å². The first-order valence-corrected chi connectivity index (χ1v) is 3.80. The predicted molar refractivity (Wildman–Crippen MR) is 41.4 cm³/mol. The molecule has 62 valence electrons. The molecule has 0 saturated carbocycles. The van der Waals surface area contributed by atoms with Gasteiger partial charge in [-0.05, 0) is 17.9 Å². The fourth-order valence-electron chi connectivity index (χ4n) is 1.24. The van der Waals surface area contributed by atoms with E-state index in [0.717, 1.165) is 12.5 Å². The standard InChI is InChI=1S/C9H12F2/c1-3-9(2)5-7(10)4-8(11)6-9/h4-5H,3,6H2,1-2H3. The second-order valence-corrected chi connectivity index (χ2v) is 3.30. The Kier molecular flexibility index (Phi) is 2.12. The van der Waals surface area contributed by atoms with Crippen molar-refractivity contribution in [1.82, 2.24) is 0 Å². The number of allylic oxidation sites excluding steroid dienone is 4. The Hall–Kier alpha value is -0.660. The van der Waals surface area contributed by atoms with E-state index in [-0.39, 0.29) is 11.2 Å². The van der Waals surface area contributed by atoms with E-state index >= 15 is 0 Å². The zero-order chi connectivity index (χ0) is 8.48. The minimum Gasteiger partial charge on any atom is -0.212 e. The van der Waals surface area contributed by atoms with Gasteiger partial charge in [-0.3, -0.25) is 0 Å². The third-order valence-electron chi connectivity index (χ3n) is 2.16. The van der Waals surface area contributed by atoms with E-state index in [4.69, 9.17) is 0 Å². The van der Waals surface area contributed by atoms with E-state index in [1.807, 2.05) is 13.8 Å². The molecule has 0 aliphatic heterocycles. The molecule has 1 aliphatic rings. The fourth-order valence-corrected chi connectivity index (χ4v) is 1.24. The number of hydrogen-bond acceptors (Lipinski definition) is 0. The van der Waals surface area contributed by atoms with E-state index in [0.29, 0.717) is 6.42 Å². The van der Waals surface area contributed by atoms with Gasteiger partial charge in [-0.1, -0.05) is 13.8 Å². The lowest BCUT2D eigenvalue weighted by atomic mass is 9.81. The lowest BCUT2D eigenvalue weighted by Crippen LogP contribution is -2.14. The van der Waals surface area contributed by atoms with Gasteiger partial charge in [-0.2, -0.15) is 0 Å². The molecule has 0 aromatic carbocycles. The molecule has 0 heterocycles. The molecule has 0 fully saturated rings. The Labute approximate surface area is 65.6 Å². The maximum absolute atomic E-state index is 12.7. The minimum absolute atomic E-state index is 0.317. The molecule has 1 atom stereocenters. The summed E-state index contributed by atoms with van der Waals surface area (Å²) in [4.78, 5) is 0. The van der Waals surface area contributed by atoms with Crippen molar-refractivity contribution in [2.24, 2.45) is 5.41 Å². The van der Waals surface area contributed by atoms with Gasteiger partial charge in [-0.25, -0.2) is 8.78 Å².